The van der Waals surface area contributed by atoms with Crippen molar-refractivity contribution in [3.05, 3.63) is 83.5 Å². The Labute approximate surface area is 184 Å². The Hall–Kier alpha value is -3.59. The number of urea groups is 1. The summed E-state index contributed by atoms with van der Waals surface area (Å²) in [6, 6.07) is 14.2. The van der Waals surface area contributed by atoms with Crippen molar-refractivity contribution >= 4 is 29.5 Å². The maximum absolute atomic E-state index is 13.2. The number of carbonyl (C=O) groups is 2. The number of carbonyl (C=O) groups excluding carboxylic acids is 2. The Morgan fingerprint density at radius 1 is 1.16 bits per heavy atom. The fourth-order valence-electron chi connectivity index (χ4n) is 3.53. The van der Waals surface area contributed by atoms with Crippen molar-refractivity contribution in [2.24, 2.45) is 0 Å². The molecule has 8 nitrogen and oxygen atoms in total. The monoisotopic (exact) mass is 434 g/mol. The van der Waals surface area contributed by atoms with Crippen molar-refractivity contribution in [1.82, 2.24) is 25.2 Å². The van der Waals surface area contributed by atoms with Gasteiger partial charge >= 0.3 is 6.03 Å². The SMILES string of the molecule is CSc1ncc(C2NC(=O)NC(C)=C2C(=O)Nc2ccccn2)n1Cc1ccccc1. The summed E-state index contributed by atoms with van der Waals surface area (Å²) in [5, 5.41) is 9.20. The van der Waals surface area contributed by atoms with Gasteiger partial charge in [0.2, 0.25) is 0 Å². The molecule has 0 spiro atoms. The van der Waals surface area contributed by atoms with Crippen molar-refractivity contribution in [2.45, 2.75) is 24.7 Å². The quantitative estimate of drug-likeness (QED) is 0.517. The van der Waals surface area contributed by atoms with Crippen molar-refractivity contribution < 1.29 is 9.59 Å². The molecule has 1 aliphatic heterocycles. The number of allylic oxidation sites excluding steroid dienone is 1. The number of imidazole rings is 1. The number of nitrogens with zero attached hydrogens (tertiary/aromatic N) is 3. The number of pyridine rings is 1. The van der Waals surface area contributed by atoms with E-state index in [1.807, 2.05) is 41.2 Å². The van der Waals surface area contributed by atoms with Crippen LogP contribution in [0, 0.1) is 0 Å². The van der Waals surface area contributed by atoms with Crippen molar-refractivity contribution in [3.8, 4) is 0 Å². The van der Waals surface area contributed by atoms with Gasteiger partial charge in [0, 0.05) is 18.4 Å². The van der Waals surface area contributed by atoms with Crippen LogP contribution >= 0.6 is 11.8 Å². The molecule has 3 N–H and O–H groups in total. The van der Waals surface area contributed by atoms with E-state index in [4.69, 9.17) is 0 Å². The highest BCUT2D eigenvalue weighted by atomic mass is 32.2. The summed E-state index contributed by atoms with van der Waals surface area (Å²) < 4.78 is 2.03. The average Bonchev–Trinajstić information content (AvgIpc) is 3.17. The molecule has 2 aromatic heterocycles. The number of benzene rings is 1. The number of hydrogen-bond acceptors (Lipinski definition) is 5. The second-order valence-electron chi connectivity index (χ2n) is 6.98. The molecule has 3 aromatic rings. The van der Waals surface area contributed by atoms with Gasteiger partial charge in [0.1, 0.15) is 11.9 Å². The maximum Gasteiger partial charge on any atom is 0.319 e. The van der Waals surface area contributed by atoms with Gasteiger partial charge < -0.3 is 20.5 Å². The maximum atomic E-state index is 13.2. The van der Waals surface area contributed by atoms with Gasteiger partial charge in [-0.05, 0) is 30.9 Å². The van der Waals surface area contributed by atoms with Crippen LogP contribution in [0.1, 0.15) is 24.2 Å². The first kappa shape index (κ1) is 20.7. The standard InChI is InChI=1S/C22H22N6O2S/c1-14-18(20(29)26-17-10-6-7-11-23-17)19(27-21(30)25-14)16-12-24-22(31-2)28(16)13-15-8-4-3-5-9-15/h3-12,19H,13H2,1-2H3,(H,23,26,29)(H2,25,27,30). The second-order valence-corrected chi connectivity index (χ2v) is 7.75. The minimum Gasteiger partial charge on any atom is -0.325 e. The Balaban J connectivity index is 1.73. The summed E-state index contributed by atoms with van der Waals surface area (Å²) in [6.07, 6.45) is 5.27. The zero-order valence-corrected chi connectivity index (χ0v) is 17.9. The van der Waals surface area contributed by atoms with Crippen molar-refractivity contribution in [3.63, 3.8) is 0 Å². The van der Waals surface area contributed by atoms with Crippen LogP contribution < -0.4 is 16.0 Å². The molecular weight excluding hydrogens is 412 g/mol. The summed E-state index contributed by atoms with van der Waals surface area (Å²) >= 11 is 1.51. The predicted octanol–water partition coefficient (Wildman–Crippen LogP) is 3.31. The van der Waals surface area contributed by atoms with Gasteiger partial charge in [0.25, 0.3) is 5.91 Å². The lowest BCUT2D eigenvalue weighted by Gasteiger charge is -2.29. The smallest absolute Gasteiger partial charge is 0.319 e. The summed E-state index contributed by atoms with van der Waals surface area (Å²) in [5.41, 5.74) is 2.72. The van der Waals surface area contributed by atoms with Crippen LogP contribution in [0.15, 0.2) is 77.4 Å². The second kappa shape index (κ2) is 9.05. The van der Waals surface area contributed by atoms with Crippen LogP contribution in [0.4, 0.5) is 10.6 Å². The summed E-state index contributed by atoms with van der Waals surface area (Å²) in [5.74, 6) is 0.0953. The molecule has 1 aliphatic rings. The van der Waals surface area contributed by atoms with E-state index in [9.17, 15) is 9.59 Å². The van der Waals surface area contributed by atoms with E-state index in [1.54, 1.807) is 37.5 Å². The molecule has 0 bridgehead atoms. The third kappa shape index (κ3) is 4.46. The Bertz CT molecular complexity index is 1130. The molecule has 3 amide bonds. The molecule has 1 atom stereocenters. The first-order valence-electron chi connectivity index (χ1n) is 9.71. The lowest BCUT2D eigenvalue weighted by Crippen LogP contribution is -2.46. The van der Waals surface area contributed by atoms with Crippen LogP contribution in [0.3, 0.4) is 0 Å². The number of aromatic nitrogens is 3. The van der Waals surface area contributed by atoms with E-state index in [1.165, 1.54) is 11.8 Å². The van der Waals surface area contributed by atoms with Gasteiger partial charge in [-0.1, -0.05) is 48.2 Å². The molecule has 0 saturated carbocycles. The van der Waals surface area contributed by atoms with E-state index in [-0.39, 0.29) is 11.9 Å². The number of hydrogen-bond donors (Lipinski definition) is 3. The highest BCUT2D eigenvalue weighted by Gasteiger charge is 2.34. The molecule has 0 saturated heterocycles. The highest BCUT2D eigenvalue weighted by Crippen LogP contribution is 2.30. The Morgan fingerprint density at radius 2 is 1.94 bits per heavy atom. The fourth-order valence-corrected chi connectivity index (χ4v) is 4.07. The first-order valence-corrected chi connectivity index (χ1v) is 10.9. The lowest BCUT2D eigenvalue weighted by atomic mass is 9.99. The number of thioether (sulfide) groups is 1. The number of nitrogens with one attached hydrogen (secondary N) is 3. The largest absolute Gasteiger partial charge is 0.325 e. The van der Waals surface area contributed by atoms with Crippen LogP contribution in [0.2, 0.25) is 0 Å². The minimum atomic E-state index is -0.658. The first-order chi connectivity index (χ1) is 15.1. The van der Waals surface area contributed by atoms with Crippen LogP contribution in [-0.4, -0.2) is 32.7 Å². The van der Waals surface area contributed by atoms with Crippen LogP contribution in [-0.2, 0) is 11.3 Å². The van der Waals surface area contributed by atoms with E-state index < -0.39 is 6.04 Å². The third-order valence-electron chi connectivity index (χ3n) is 4.93. The number of rotatable bonds is 6. The van der Waals surface area contributed by atoms with Gasteiger partial charge in [0.05, 0.1) is 17.5 Å². The number of anilines is 1. The molecule has 1 aromatic carbocycles. The van der Waals surface area contributed by atoms with Gasteiger partial charge in [-0.2, -0.15) is 0 Å². The Morgan fingerprint density at radius 3 is 2.65 bits per heavy atom. The molecule has 4 rings (SSSR count). The zero-order chi connectivity index (χ0) is 21.8. The topological polar surface area (TPSA) is 101 Å². The molecule has 0 radical (unpaired) electrons. The van der Waals surface area contributed by atoms with E-state index in [2.05, 4.69) is 25.9 Å². The molecule has 9 heteroatoms. The van der Waals surface area contributed by atoms with Crippen molar-refractivity contribution in [2.75, 3.05) is 11.6 Å². The minimum absolute atomic E-state index is 0.341. The van der Waals surface area contributed by atoms with Crippen molar-refractivity contribution in [1.29, 1.82) is 0 Å². The molecule has 0 aliphatic carbocycles. The zero-order valence-electron chi connectivity index (χ0n) is 17.1. The summed E-state index contributed by atoms with van der Waals surface area (Å²) in [6.45, 7) is 2.28. The third-order valence-corrected chi connectivity index (χ3v) is 5.62. The van der Waals surface area contributed by atoms with Gasteiger partial charge in [0.15, 0.2) is 5.16 Å². The molecule has 1 unspecified atom stereocenters. The normalized spacial score (nSPS) is 15.9. The Kier molecular flexibility index (Phi) is 6.03. The predicted molar refractivity (Wildman–Crippen MR) is 120 cm³/mol. The summed E-state index contributed by atoms with van der Waals surface area (Å²) in [4.78, 5) is 34.2. The average molecular weight is 435 g/mol. The molecular formula is C22H22N6O2S. The van der Waals surface area contributed by atoms with Gasteiger partial charge in [-0.15, -0.1) is 0 Å². The molecule has 31 heavy (non-hydrogen) atoms. The van der Waals surface area contributed by atoms with Crippen LogP contribution in [0.25, 0.3) is 0 Å². The molecule has 158 valence electrons. The van der Waals surface area contributed by atoms with Gasteiger partial charge in [-0.3, -0.25) is 4.79 Å². The number of amides is 3. The lowest BCUT2D eigenvalue weighted by molar-refractivity contribution is -0.113. The van der Waals surface area contributed by atoms with Crippen LogP contribution in [0.5, 0.6) is 0 Å². The summed E-state index contributed by atoms with van der Waals surface area (Å²) in [7, 11) is 0. The van der Waals surface area contributed by atoms with E-state index in [0.29, 0.717) is 23.6 Å². The highest BCUT2D eigenvalue weighted by molar-refractivity contribution is 7.98. The molecule has 0 fully saturated rings. The fraction of sp³-hybridized carbons (Fsp3) is 0.182. The van der Waals surface area contributed by atoms with E-state index >= 15 is 0 Å². The van der Waals surface area contributed by atoms with E-state index in [0.717, 1.165) is 16.4 Å². The molecule has 3 heterocycles. The van der Waals surface area contributed by atoms with Gasteiger partial charge in [-0.25, -0.2) is 14.8 Å².